The van der Waals surface area contributed by atoms with E-state index in [1.807, 2.05) is 0 Å². The number of aliphatic hydroxyl groups is 5. The molecule has 0 radical (unpaired) electrons. The molecule has 29 heavy (non-hydrogen) atoms. The summed E-state index contributed by atoms with van der Waals surface area (Å²) < 4.78 is 21.7. The molecule has 13 nitrogen and oxygen atoms in total. The molecule has 0 saturated carbocycles. The standard InChI is InChI=1S/C16H28N2O11/c1-6(21)18-9-11(23)13(7(3-17-5-20)27-15(9)25)29-16-14(26-2)12(24)10(22)8(4-19)28-16/h5,7-16,19,22-25H,3-4H2,1-2H3,(H,17,20)(H,18,21)/t7-,8-,9-,10+,11-,12+,13-,14-,15-,16+/m1/s1. The van der Waals surface area contributed by atoms with Crippen LogP contribution in [0.25, 0.3) is 0 Å². The average molecular weight is 424 g/mol. The second-order valence-corrected chi connectivity index (χ2v) is 6.82. The van der Waals surface area contributed by atoms with E-state index in [0.717, 1.165) is 0 Å². The van der Waals surface area contributed by atoms with Crippen molar-refractivity contribution in [2.45, 2.75) is 68.3 Å². The number of hydrogen-bond acceptors (Lipinski definition) is 11. The van der Waals surface area contributed by atoms with E-state index in [1.54, 1.807) is 0 Å². The summed E-state index contributed by atoms with van der Waals surface area (Å²) in [7, 11) is 1.24. The van der Waals surface area contributed by atoms with Crippen molar-refractivity contribution in [3.8, 4) is 0 Å². The van der Waals surface area contributed by atoms with Crippen molar-refractivity contribution in [1.82, 2.24) is 10.6 Å². The molecule has 0 aliphatic carbocycles. The van der Waals surface area contributed by atoms with Crippen LogP contribution < -0.4 is 10.6 Å². The molecule has 10 atom stereocenters. The maximum absolute atomic E-state index is 11.4. The van der Waals surface area contributed by atoms with Gasteiger partial charge in [-0.15, -0.1) is 0 Å². The summed E-state index contributed by atoms with van der Waals surface area (Å²) in [4.78, 5) is 22.0. The van der Waals surface area contributed by atoms with Crippen molar-refractivity contribution in [2.75, 3.05) is 20.3 Å². The van der Waals surface area contributed by atoms with Crippen LogP contribution in [0.5, 0.6) is 0 Å². The Hall–Kier alpha value is -1.42. The van der Waals surface area contributed by atoms with Crippen molar-refractivity contribution in [2.24, 2.45) is 0 Å². The molecule has 0 bridgehead atoms. The highest BCUT2D eigenvalue weighted by atomic mass is 16.7. The molecule has 2 aliphatic heterocycles. The SMILES string of the molecule is CO[C@H]1[C@H](O[C@H]2[C@H](O)[C@@H](NC(C)=O)[C@H](O)O[C@@H]2CNC=O)O[C@H](CO)[C@H](O)[C@@H]1O. The van der Waals surface area contributed by atoms with Crippen LogP contribution in [0.1, 0.15) is 6.92 Å². The van der Waals surface area contributed by atoms with Crippen molar-refractivity contribution in [1.29, 1.82) is 0 Å². The summed E-state index contributed by atoms with van der Waals surface area (Å²) in [5.74, 6) is -0.539. The van der Waals surface area contributed by atoms with Crippen LogP contribution in [0.3, 0.4) is 0 Å². The highest BCUT2D eigenvalue weighted by Gasteiger charge is 2.51. The maximum Gasteiger partial charge on any atom is 0.217 e. The number of amides is 2. The van der Waals surface area contributed by atoms with Gasteiger partial charge in [-0.1, -0.05) is 0 Å². The van der Waals surface area contributed by atoms with Crippen LogP contribution in [0.2, 0.25) is 0 Å². The first-order valence-corrected chi connectivity index (χ1v) is 9.01. The lowest BCUT2D eigenvalue weighted by molar-refractivity contribution is -0.345. The number of ether oxygens (including phenoxy) is 4. The van der Waals surface area contributed by atoms with Crippen molar-refractivity contribution >= 4 is 12.3 Å². The van der Waals surface area contributed by atoms with Gasteiger partial charge in [-0.25, -0.2) is 0 Å². The minimum absolute atomic E-state index is 0.159. The van der Waals surface area contributed by atoms with Gasteiger partial charge in [0.25, 0.3) is 0 Å². The summed E-state index contributed by atoms with van der Waals surface area (Å²) in [6.45, 7) is 0.403. The summed E-state index contributed by atoms with van der Waals surface area (Å²) in [6, 6.07) is -1.25. The molecule has 2 heterocycles. The smallest absolute Gasteiger partial charge is 0.217 e. The van der Waals surface area contributed by atoms with Gasteiger partial charge in [-0.2, -0.15) is 0 Å². The fourth-order valence-electron chi connectivity index (χ4n) is 3.39. The Morgan fingerprint density at radius 3 is 2.31 bits per heavy atom. The monoisotopic (exact) mass is 424 g/mol. The van der Waals surface area contributed by atoms with Crippen LogP contribution in [0, 0.1) is 0 Å². The Balaban J connectivity index is 2.24. The second kappa shape index (κ2) is 10.6. The Kier molecular flexibility index (Phi) is 8.69. The highest BCUT2D eigenvalue weighted by Crippen LogP contribution is 2.29. The number of carbonyl (C=O) groups excluding carboxylic acids is 2. The first-order valence-electron chi connectivity index (χ1n) is 9.01. The molecule has 168 valence electrons. The van der Waals surface area contributed by atoms with E-state index >= 15 is 0 Å². The molecule has 0 aromatic rings. The van der Waals surface area contributed by atoms with Crippen LogP contribution in [-0.2, 0) is 28.5 Å². The number of nitrogens with one attached hydrogen (secondary N) is 2. The van der Waals surface area contributed by atoms with E-state index < -0.39 is 73.9 Å². The zero-order chi connectivity index (χ0) is 21.7. The maximum atomic E-state index is 11.4. The van der Waals surface area contributed by atoms with E-state index in [4.69, 9.17) is 18.9 Å². The molecule has 2 fully saturated rings. The van der Waals surface area contributed by atoms with Crippen LogP contribution in [0.4, 0.5) is 0 Å². The van der Waals surface area contributed by atoms with E-state index in [-0.39, 0.29) is 6.54 Å². The Morgan fingerprint density at radius 1 is 1.07 bits per heavy atom. The lowest BCUT2D eigenvalue weighted by Gasteiger charge is -2.47. The van der Waals surface area contributed by atoms with Crippen molar-refractivity contribution in [3.63, 3.8) is 0 Å². The normalized spacial score (nSPS) is 42.9. The van der Waals surface area contributed by atoms with Crippen LogP contribution >= 0.6 is 0 Å². The van der Waals surface area contributed by atoms with Gasteiger partial charge in [0.2, 0.25) is 12.3 Å². The summed E-state index contributed by atoms with van der Waals surface area (Å²) in [6.07, 6.45) is -11.7. The Morgan fingerprint density at radius 2 is 1.76 bits per heavy atom. The zero-order valence-electron chi connectivity index (χ0n) is 16.0. The van der Waals surface area contributed by atoms with Crippen molar-refractivity contribution < 1.29 is 54.1 Å². The molecule has 2 aliphatic rings. The van der Waals surface area contributed by atoms with E-state index in [9.17, 15) is 35.1 Å². The predicted molar refractivity (Wildman–Crippen MR) is 92.0 cm³/mol. The third-order valence-electron chi connectivity index (χ3n) is 4.85. The summed E-state index contributed by atoms with van der Waals surface area (Å²) >= 11 is 0. The molecule has 0 aromatic heterocycles. The van der Waals surface area contributed by atoms with E-state index in [0.29, 0.717) is 6.41 Å². The minimum Gasteiger partial charge on any atom is -0.394 e. The first-order chi connectivity index (χ1) is 13.7. The third kappa shape index (κ3) is 5.39. The third-order valence-corrected chi connectivity index (χ3v) is 4.85. The molecule has 2 amide bonds. The van der Waals surface area contributed by atoms with Crippen LogP contribution in [-0.4, -0.2) is 119 Å². The number of hydrogen-bond donors (Lipinski definition) is 7. The average Bonchev–Trinajstić information content (AvgIpc) is 2.68. The Labute approximate surface area is 166 Å². The molecule has 0 spiro atoms. The second-order valence-electron chi connectivity index (χ2n) is 6.82. The highest BCUT2D eigenvalue weighted by molar-refractivity contribution is 5.73. The molecule has 2 saturated heterocycles. The molecule has 13 heteroatoms. The fourth-order valence-corrected chi connectivity index (χ4v) is 3.39. The Bertz CT molecular complexity index is 553. The number of methoxy groups -OCH3 is 1. The van der Waals surface area contributed by atoms with Gasteiger partial charge in [0.05, 0.1) is 6.61 Å². The lowest BCUT2D eigenvalue weighted by atomic mass is 9.95. The zero-order valence-corrected chi connectivity index (χ0v) is 16.0. The number of carbonyl (C=O) groups is 2. The quantitative estimate of drug-likeness (QED) is 0.185. The molecule has 0 unspecified atom stereocenters. The van der Waals surface area contributed by atoms with Gasteiger partial charge < -0.3 is 55.1 Å². The minimum atomic E-state index is -1.59. The molecular formula is C16H28N2O11. The fraction of sp³-hybridized carbons (Fsp3) is 0.875. The van der Waals surface area contributed by atoms with Gasteiger partial charge in [0.1, 0.15) is 48.8 Å². The van der Waals surface area contributed by atoms with Crippen molar-refractivity contribution in [3.05, 3.63) is 0 Å². The van der Waals surface area contributed by atoms with Gasteiger partial charge in [-0.3, -0.25) is 9.59 Å². The number of rotatable bonds is 8. The molecule has 2 rings (SSSR count). The van der Waals surface area contributed by atoms with Gasteiger partial charge in [0, 0.05) is 20.6 Å². The largest absolute Gasteiger partial charge is 0.394 e. The van der Waals surface area contributed by atoms with Gasteiger partial charge in [-0.05, 0) is 0 Å². The molecule has 0 aromatic carbocycles. The van der Waals surface area contributed by atoms with Gasteiger partial charge in [0.15, 0.2) is 12.6 Å². The number of aliphatic hydroxyl groups excluding tert-OH is 5. The molecule has 7 N–H and O–H groups in total. The summed E-state index contributed by atoms with van der Waals surface area (Å²) in [5.41, 5.74) is 0. The molecular weight excluding hydrogens is 396 g/mol. The van der Waals surface area contributed by atoms with Gasteiger partial charge >= 0.3 is 0 Å². The lowest BCUT2D eigenvalue weighted by Crippen LogP contribution is -2.67. The van der Waals surface area contributed by atoms with E-state index in [2.05, 4.69) is 10.6 Å². The first kappa shape index (κ1) is 23.9. The van der Waals surface area contributed by atoms with E-state index in [1.165, 1.54) is 14.0 Å². The van der Waals surface area contributed by atoms with Crippen LogP contribution in [0.15, 0.2) is 0 Å². The topological polar surface area (TPSA) is 196 Å². The summed E-state index contributed by atoms with van der Waals surface area (Å²) in [5, 5.41) is 55.1. The predicted octanol–water partition coefficient (Wildman–Crippen LogP) is -4.85.